The number of quaternary nitrogens is 1. The molecular weight excluding hydrogens is 340 g/mol. The van der Waals surface area contributed by atoms with Crippen LogP contribution in [-0.2, 0) is 11.3 Å². The topological polar surface area (TPSA) is 52.0 Å². The number of amides is 1. The van der Waals surface area contributed by atoms with Gasteiger partial charge in [-0.2, -0.15) is 0 Å². The maximum atomic E-state index is 12.4. The third-order valence-corrected chi connectivity index (χ3v) is 4.89. The summed E-state index contributed by atoms with van der Waals surface area (Å²) in [4.78, 5) is 14.0. The highest BCUT2D eigenvalue weighted by molar-refractivity contribution is 6.04. The minimum Gasteiger partial charge on any atom is -0.491 e. The maximum absolute atomic E-state index is 12.4. The van der Waals surface area contributed by atoms with E-state index in [1.165, 1.54) is 10.5 Å². The zero-order valence-corrected chi connectivity index (χ0v) is 16.2. The summed E-state index contributed by atoms with van der Waals surface area (Å²) in [5.74, 6) is 0.674. The van der Waals surface area contributed by atoms with E-state index < -0.39 is 0 Å². The molecule has 3 rings (SSSR count). The van der Waals surface area contributed by atoms with Crippen molar-refractivity contribution >= 4 is 11.6 Å². The van der Waals surface area contributed by atoms with Crippen molar-refractivity contribution < 1.29 is 19.2 Å². The third kappa shape index (κ3) is 5.81. The number of hydrogen-bond donors (Lipinski definition) is 2. The van der Waals surface area contributed by atoms with Crippen molar-refractivity contribution in [2.24, 2.45) is 0 Å². The lowest BCUT2D eigenvalue weighted by molar-refractivity contribution is -0.921. The monoisotopic (exact) mass is 369 g/mol. The normalized spacial score (nSPS) is 15.9. The van der Waals surface area contributed by atoms with Gasteiger partial charge in [0.15, 0.2) is 0 Å². The molecule has 5 heteroatoms. The summed E-state index contributed by atoms with van der Waals surface area (Å²) >= 11 is 0. The summed E-state index contributed by atoms with van der Waals surface area (Å²) in [6, 6.07) is 15.4. The molecule has 2 aromatic carbocycles. The summed E-state index contributed by atoms with van der Waals surface area (Å²) in [5, 5.41) is 2.95. The molecule has 1 fully saturated rings. The van der Waals surface area contributed by atoms with Gasteiger partial charge in [-0.1, -0.05) is 19.1 Å². The molecule has 0 aromatic heterocycles. The molecule has 0 aliphatic carbocycles. The van der Waals surface area contributed by atoms with Crippen LogP contribution in [0.25, 0.3) is 0 Å². The van der Waals surface area contributed by atoms with Gasteiger partial charge in [0.25, 0.3) is 5.91 Å². The minimum absolute atomic E-state index is 0.114. The number of hydrogen-bond acceptors (Lipinski definition) is 3. The van der Waals surface area contributed by atoms with Crippen molar-refractivity contribution in [3.63, 3.8) is 0 Å². The number of nitrogens with one attached hydrogen (secondary N) is 2. The van der Waals surface area contributed by atoms with Gasteiger partial charge >= 0.3 is 0 Å². The van der Waals surface area contributed by atoms with Gasteiger partial charge in [0.1, 0.15) is 25.4 Å². The van der Waals surface area contributed by atoms with Crippen LogP contribution in [0.15, 0.2) is 48.5 Å². The highest BCUT2D eigenvalue weighted by Gasteiger charge is 2.14. The summed E-state index contributed by atoms with van der Waals surface area (Å²) in [6.07, 6.45) is 1.12. The first-order valence-electron chi connectivity index (χ1n) is 9.72. The fraction of sp³-hybridized carbons (Fsp3) is 0.409. The lowest BCUT2D eigenvalue weighted by Crippen LogP contribution is -3.12. The highest BCUT2D eigenvalue weighted by Crippen LogP contribution is 2.16. The molecule has 27 heavy (non-hydrogen) atoms. The molecule has 5 nitrogen and oxygen atoms in total. The highest BCUT2D eigenvalue weighted by atomic mass is 16.5. The third-order valence-electron chi connectivity index (χ3n) is 4.89. The molecule has 1 aliphatic heterocycles. The van der Waals surface area contributed by atoms with E-state index in [0.717, 1.165) is 50.7 Å². The van der Waals surface area contributed by atoms with Crippen LogP contribution in [0.2, 0.25) is 0 Å². The Kier molecular flexibility index (Phi) is 6.85. The predicted molar refractivity (Wildman–Crippen MR) is 106 cm³/mol. The molecule has 0 spiro atoms. The quantitative estimate of drug-likeness (QED) is 0.789. The fourth-order valence-corrected chi connectivity index (χ4v) is 3.04. The summed E-state index contributed by atoms with van der Waals surface area (Å²) in [7, 11) is 0. The standard InChI is InChI=1S/C22H28N2O3/c1-3-17(2)27-21-10-6-19(7-11-21)22(25)23-20-8-4-18(5-9-20)16-24-12-14-26-15-13-24/h4-11,17H,3,12-16H2,1-2H3,(H,23,25)/p+1/t17-/m0/s1. The molecule has 2 N–H and O–H groups in total. The van der Waals surface area contributed by atoms with Crippen molar-refractivity contribution in [1.82, 2.24) is 0 Å². The van der Waals surface area contributed by atoms with E-state index in [9.17, 15) is 4.79 Å². The summed E-state index contributed by atoms with van der Waals surface area (Å²) < 4.78 is 11.1. The van der Waals surface area contributed by atoms with Crippen LogP contribution in [0.1, 0.15) is 36.2 Å². The number of morpholine rings is 1. The second kappa shape index (κ2) is 9.53. The van der Waals surface area contributed by atoms with Gasteiger partial charge in [-0.3, -0.25) is 4.79 Å². The minimum atomic E-state index is -0.114. The van der Waals surface area contributed by atoms with E-state index in [1.54, 1.807) is 12.1 Å². The van der Waals surface area contributed by atoms with Crippen molar-refractivity contribution in [3.05, 3.63) is 59.7 Å². The molecular formula is C22H29N2O3+. The summed E-state index contributed by atoms with van der Waals surface area (Å²) in [5.41, 5.74) is 2.70. The maximum Gasteiger partial charge on any atom is 0.255 e. The van der Waals surface area contributed by atoms with Crippen molar-refractivity contribution in [3.8, 4) is 5.75 Å². The Morgan fingerprint density at radius 1 is 1.11 bits per heavy atom. The van der Waals surface area contributed by atoms with Gasteiger partial charge in [-0.05, 0) is 49.7 Å². The Labute approximate surface area is 161 Å². The van der Waals surface area contributed by atoms with E-state index in [0.29, 0.717) is 5.56 Å². The molecule has 2 aromatic rings. The van der Waals surface area contributed by atoms with Gasteiger partial charge in [-0.25, -0.2) is 0 Å². The molecule has 144 valence electrons. The first-order chi connectivity index (χ1) is 13.1. The second-order valence-corrected chi connectivity index (χ2v) is 7.05. The van der Waals surface area contributed by atoms with Crippen LogP contribution in [0.5, 0.6) is 5.75 Å². The van der Waals surface area contributed by atoms with Crippen LogP contribution in [0, 0.1) is 0 Å². The van der Waals surface area contributed by atoms with Gasteiger partial charge in [0.2, 0.25) is 0 Å². The Hall–Kier alpha value is -2.37. The van der Waals surface area contributed by atoms with Gasteiger partial charge < -0.3 is 19.7 Å². The van der Waals surface area contributed by atoms with Crippen LogP contribution in [-0.4, -0.2) is 38.3 Å². The number of ether oxygens (including phenoxy) is 2. The molecule has 1 aliphatic rings. The second-order valence-electron chi connectivity index (χ2n) is 7.05. The van der Waals surface area contributed by atoms with Crippen LogP contribution in [0.4, 0.5) is 5.69 Å². The number of carbonyl (C=O) groups excluding carboxylic acids is 1. The van der Waals surface area contributed by atoms with E-state index in [-0.39, 0.29) is 12.0 Å². The fourth-order valence-electron chi connectivity index (χ4n) is 3.04. The lowest BCUT2D eigenvalue weighted by atomic mass is 10.1. The number of carbonyl (C=O) groups is 1. The molecule has 1 atom stereocenters. The molecule has 0 bridgehead atoms. The number of benzene rings is 2. The smallest absolute Gasteiger partial charge is 0.255 e. The number of rotatable bonds is 7. The Bertz CT molecular complexity index is 722. The average molecular weight is 369 g/mol. The van der Waals surface area contributed by atoms with Gasteiger partial charge in [-0.15, -0.1) is 0 Å². The Morgan fingerprint density at radius 2 is 1.78 bits per heavy atom. The zero-order chi connectivity index (χ0) is 19.1. The zero-order valence-electron chi connectivity index (χ0n) is 16.2. The van der Waals surface area contributed by atoms with Crippen LogP contribution in [0.3, 0.4) is 0 Å². The molecule has 1 heterocycles. The molecule has 1 saturated heterocycles. The summed E-state index contributed by atoms with van der Waals surface area (Å²) in [6.45, 7) is 8.89. The molecule has 0 radical (unpaired) electrons. The largest absolute Gasteiger partial charge is 0.491 e. The van der Waals surface area contributed by atoms with E-state index >= 15 is 0 Å². The average Bonchev–Trinajstić information content (AvgIpc) is 2.70. The van der Waals surface area contributed by atoms with Crippen molar-refractivity contribution in [2.75, 3.05) is 31.6 Å². The molecule has 0 saturated carbocycles. The van der Waals surface area contributed by atoms with Gasteiger partial charge in [0.05, 0.1) is 19.3 Å². The SMILES string of the molecule is CC[C@H](C)Oc1ccc(C(=O)Nc2ccc(C[NH+]3CCOCC3)cc2)cc1. The van der Waals surface area contributed by atoms with E-state index in [1.807, 2.05) is 31.2 Å². The van der Waals surface area contributed by atoms with E-state index in [2.05, 4.69) is 24.4 Å². The first-order valence-corrected chi connectivity index (χ1v) is 9.72. The predicted octanol–water partition coefficient (Wildman–Crippen LogP) is 2.53. The van der Waals surface area contributed by atoms with Crippen molar-refractivity contribution in [2.45, 2.75) is 32.9 Å². The van der Waals surface area contributed by atoms with E-state index in [4.69, 9.17) is 9.47 Å². The number of anilines is 1. The van der Waals surface area contributed by atoms with Gasteiger partial charge in [0, 0.05) is 16.8 Å². The first kappa shape index (κ1) is 19.4. The van der Waals surface area contributed by atoms with Crippen LogP contribution >= 0.6 is 0 Å². The lowest BCUT2D eigenvalue weighted by Gasteiger charge is -2.23. The molecule has 0 unspecified atom stereocenters. The molecule has 1 amide bonds. The Morgan fingerprint density at radius 3 is 2.41 bits per heavy atom. The Balaban J connectivity index is 1.54. The van der Waals surface area contributed by atoms with Crippen LogP contribution < -0.4 is 15.0 Å². The van der Waals surface area contributed by atoms with Crippen molar-refractivity contribution in [1.29, 1.82) is 0 Å².